The van der Waals surface area contributed by atoms with Crippen LogP contribution >= 0.6 is 0 Å². The van der Waals surface area contributed by atoms with E-state index in [0.29, 0.717) is 36.1 Å². The zero-order valence-electron chi connectivity index (χ0n) is 17.3. The molecule has 2 aromatic carbocycles. The highest BCUT2D eigenvalue weighted by Gasteiger charge is 2.32. The molecule has 1 fully saturated rings. The van der Waals surface area contributed by atoms with E-state index < -0.39 is 0 Å². The molecule has 0 saturated carbocycles. The highest BCUT2D eigenvalue weighted by atomic mass is 16.5. The number of rotatable bonds is 9. The maximum atomic E-state index is 12.4. The van der Waals surface area contributed by atoms with Gasteiger partial charge in [0.15, 0.2) is 18.1 Å². The number of carbonyl (C=O) groups excluding carboxylic acids is 2. The van der Waals surface area contributed by atoms with Crippen molar-refractivity contribution in [3.63, 3.8) is 0 Å². The number of nitrogens with zero attached hydrogens (tertiary/aromatic N) is 1. The average molecular weight is 414 g/mol. The molecule has 0 spiro atoms. The second kappa shape index (κ2) is 9.87. The van der Waals surface area contributed by atoms with Gasteiger partial charge < -0.3 is 29.2 Å². The summed E-state index contributed by atoms with van der Waals surface area (Å²) in [6.45, 7) is 2.75. The molecule has 1 atom stereocenters. The smallest absolute Gasteiger partial charge is 0.258 e. The molecule has 1 aliphatic rings. The summed E-state index contributed by atoms with van der Waals surface area (Å²) in [5.74, 6) is 2.09. The van der Waals surface area contributed by atoms with Gasteiger partial charge in [0.05, 0.1) is 26.9 Å². The minimum Gasteiger partial charge on any atom is -0.494 e. The van der Waals surface area contributed by atoms with Crippen LogP contribution in [0, 0.1) is 0 Å². The van der Waals surface area contributed by atoms with Gasteiger partial charge in [-0.2, -0.15) is 0 Å². The number of amides is 2. The van der Waals surface area contributed by atoms with Gasteiger partial charge in [0.25, 0.3) is 5.91 Å². The Morgan fingerprint density at radius 3 is 2.33 bits per heavy atom. The van der Waals surface area contributed by atoms with Crippen LogP contribution in [0.15, 0.2) is 42.5 Å². The Labute approximate surface area is 175 Å². The van der Waals surface area contributed by atoms with Gasteiger partial charge in [-0.05, 0) is 43.3 Å². The Morgan fingerprint density at radius 1 is 1.03 bits per heavy atom. The van der Waals surface area contributed by atoms with Crippen LogP contribution in [0.2, 0.25) is 0 Å². The van der Waals surface area contributed by atoms with Crippen molar-refractivity contribution in [1.29, 1.82) is 0 Å². The van der Waals surface area contributed by atoms with E-state index in [2.05, 4.69) is 5.32 Å². The molecule has 1 N–H and O–H groups in total. The predicted molar refractivity (Wildman–Crippen MR) is 112 cm³/mol. The lowest BCUT2D eigenvalue weighted by Crippen LogP contribution is -2.39. The van der Waals surface area contributed by atoms with Crippen molar-refractivity contribution < 1.29 is 28.5 Å². The Bertz CT molecular complexity index is 884. The third kappa shape index (κ3) is 5.14. The maximum Gasteiger partial charge on any atom is 0.258 e. The molecule has 8 nitrogen and oxygen atoms in total. The van der Waals surface area contributed by atoms with Crippen LogP contribution in [-0.2, 0) is 9.59 Å². The van der Waals surface area contributed by atoms with Crippen LogP contribution in [0.1, 0.15) is 13.3 Å². The van der Waals surface area contributed by atoms with Gasteiger partial charge in [0.1, 0.15) is 11.5 Å². The molecule has 0 bridgehead atoms. The summed E-state index contributed by atoms with van der Waals surface area (Å²) in [6.07, 6.45) is 0.225. The molecule has 1 aliphatic heterocycles. The molecule has 0 aromatic heterocycles. The minimum atomic E-state index is -0.290. The van der Waals surface area contributed by atoms with Crippen molar-refractivity contribution >= 4 is 17.5 Å². The molecule has 0 unspecified atom stereocenters. The lowest BCUT2D eigenvalue weighted by Gasteiger charge is -2.19. The summed E-state index contributed by atoms with van der Waals surface area (Å²) in [5, 5.41) is 2.86. The van der Waals surface area contributed by atoms with Crippen molar-refractivity contribution in [3.05, 3.63) is 42.5 Å². The number of anilines is 1. The summed E-state index contributed by atoms with van der Waals surface area (Å²) in [4.78, 5) is 26.3. The number of hydrogen-bond acceptors (Lipinski definition) is 6. The highest BCUT2D eigenvalue weighted by molar-refractivity contribution is 5.97. The maximum absolute atomic E-state index is 12.4. The largest absolute Gasteiger partial charge is 0.494 e. The third-order valence-electron chi connectivity index (χ3n) is 4.67. The quantitative estimate of drug-likeness (QED) is 0.678. The number of ether oxygens (including phenoxy) is 4. The Morgan fingerprint density at radius 2 is 1.70 bits per heavy atom. The molecule has 2 amide bonds. The van der Waals surface area contributed by atoms with Crippen molar-refractivity contribution in [2.24, 2.45) is 0 Å². The van der Waals surface area contributed by atoms with Gasteiger partial charge in [0.2, 0.25) is 5.91 Å². The summed E-state index contributed by atoms with van der Waals surface area (Å²) in [5.41, 5.74) is 0.694. The van der Waals surface area contributed by atoms with E-state index >= 15 is 0 Å². The zero-order valence-corrected chi connectivity index (χ0v) is 17.3. The fourth-order valence-corrected chi connectivity index (χ4v) is 3.26. The van der Waals surface area contributed by atoms with E-state index in [1.807, 2.05) is 6.92 Å². The number of nitrogens with one attached hydrogen (secondary N) is 1. The zero-order chi connectivity index (χ0) is 21.5. The van der Waals surface area contributed by atoms with Crippen molar-refractivity contribution in [2.75, 3.05) is 38.9 Å². The van der Waals surface area contributed by atoms with Crippen LogP contribution in [0.3, 0.4) is 0 Å². The van der Waals surface area contributed by atoms with Gasteiger partial charge in [-0.3, -0.25) is 9.59 Å². The van der Waals surface area contributed by atoms with E-state index in [0.717, 1.165) is 5.75 Å². The van der Waals surface area contributed by atoms with Crippen LogP contribution in [0.25, 0.3) is 0 Å². The number of benzene rings is 2. The van der Waals surface area contributed by atoms with Crippen LogP contribution in [0.4, 0.5) is 5.69 Å². The summed E-state index contributed by atoms with van der Waals surface area (Å²) in [7, 11) is 3.10. The first-order chi connectivity index (χ1) is 14.5. The number of methoxy groups -OCH3 is 2. The monoisotopic (exact) mass is 414 g/mol. The molecular formula is C22H26N2O6. The molecule has 160 valence electrons. The van der Waals surface area contributed by atoms with Crippen LogP contribution in [0.5, 0.6) is 23.0 Å². The molecule has 0 aliphatic carbocycles. The first-order valence-electron chi connectivity index (χ1n) is 9.71. The van der Waals surface area contributed by atoms with Crippen molar-refractivity contribution in [3.8, 4) is 23.0 Å². The van der Waals surface area contributed by atoms with Gasteiger partial charge in [-0.1, -0.05) is 0 Å². The first kappa shape index (κ1) is 21.3. The van der Waals surface area contributed by atoms with E-state index in [1.54, 1.807) is 61.6 Å². The fraction of sp³-hybridized carbons (Fsp3) is 0.364. The molecule has 1 heterocycles. The van der Waals surface area contributed by atoms with Crippen LogP contribution in [-0.4, -0.2) is 51.8 Å². The van der Waals surface area contributed by atoms with E-state index in [-0.39, 0.29) is 30.9 Å². The van der Waals surface area contributed by atoms with E-state index in [4.69, 9.17) is 18.9 Å². The Kier molecular flexibility index (Phi) is 7.00. The second-order valence-corrected chi connectivity index (χ2v) is 6.71. The molecule has 2 aromatic rings. The Balaban J connectivity index is 1.53. The fourth-order valence-electron chi connectivity index (χ4n) is 3.26. The summed E-state index contributed by atoms with van der Waals surface area (Å²) >= 11 is 0. The highest BCUT2D eigenvalue weighted by Crippen LogP contribution is 2.33. The van der Waals surface area contributed by atoms with Gasteiger partial charge in [-0.25, -0.2) is 0 Å². The predicted octanol–water partition coefficient (Wildman–Crippen LogP) is 2.40. The number of hydrogen-bond donors (Lipinski definition) is 1. The third-order valence-corrected chi connectivity index (χ3v) is 4.67. The molecule has 8 heteroatoms. The lowest BCUT2D eigenvalue weighted by molar-refractivity contribution is -0.123. The van der Waals surface area contributed by atoms with Gasteiger partial charge in [0, 0.05) is 24.7 Å². The standard InChI is InChI=1S/C22H26N2O6/c1-4-29-17-6-8-18(9-7-17)30-14-21(25)23-15-11-22(26)24(13-15)16-5-10-19(27-2)20(12-16)28-3/h5-10,12,15H,4,11,13-14H2,1-3H3,(H,23,25)/t15-/m1/s1. The summed E-state index contributed by atoms with van der Waals surface area (Å²) in [6, 6.07) is 12.1. The van der Waals surface area contributed by atoms with E-state index in [1.165, 1.54) is 0 Å². The molecule has 1 saturated heterocycles. The lowest BCUT2D eigenvalue weighted by atomic mass is 10.2. The van der Waals surface area contributed by atoms with Crippen molar-refractivity contribution in [2.45, 2.75) is 19.4 Å². The van der Waals surface area contributed by atoms with Gasteiger partial charge in [-0.15, -0.1) is 0 Å². The minimum absolute atomic E-state index is 0.0695. The molecular weight excluding hydrogens is 388 g/mol. The molecule has 3 rings (SSSR count). The van der Waals surface area contributed by atoms with Gasteiger partial charge >= 0.3 is 0 Å². The second-order valence-electron chi connectivity index (χ2n) is 6.71. The van der Waals surface area contributed by atoms with Crippen LogP contribution < -0.4 is 29.2 Å². The Hall–Kier alpha value is -3.42. The SMILES string of the molecule is CCOc1ccc(OCC(=O)N[C@@H]2CC(=O)N(c3ccc(OC)c(OC)c3)C2)cc1. The molecule has 0 radical (unpaired) electrons. The first-order valence-corrected chi connectivity index (χ1v) is 9.71. The average Bonchev–Trinajstić information content (AvgIpc) is 3.12. The summed E-state index contributed by atoms with van der Waals surface area (Å²) < 4.78 is 21.4. The van der Waals surface area contributed by atoms with Crippen molar-refractivity contribution in [1.82, 2.24) is 5.32 Å². The normalized spacial score (nSPS) is 15.6. The topological polar surface area (TPSA) is 86.3 Å². The molecule has 30 heavy (non-hydrogen) atoms. The number of carbonyl (C=O) groups is 2. The van der Waals surface area contributed by atoms with E-state index in [9.17, 15) is 9.59 Å².